The van der Waals surface area contributed by atoms with Gasteiger partial charge in [-0.2, -0.15) is 0 Å². The summed E-state index contributed by atoms with van der Waals surface area (Å²) < 4.78 is 5.21. The van der Waals surface area contributed by atoms with Gasteiger partial charge in [-0.25, -0.2) is 4.79 Å². The van der Waals surface area contributed by atoms with E-state index < -0.39 is 41.8 Å². The second kappa shape index (κ2) is 10.6. The minimum Gasteiger partial charge on any atom is -0.464 e. The fourth-order valence-electron chi connectivity index (χ4n) is 2.99. The van der Waals surface area contributed by atoms with Crippen molar-refractivity contribution in [1.82, 2.24) is 16.0 Å². The van der Waals surface area contributed by atoms with E-state index in [0.29, 0.717) is 6.42 Å². The first-order valence-corrected chi connectivity index (χ1v) is 9.92. The van der Waals surface area contributed by atoms with E-state index in [4.69, 9.17) is 4.74 Å². The van der Waals surface area contributed by atoms with Crippen LogP contribution in [-0.4, -0.2) is 48.4 Å². The predicted molar refractivity (Wildman–Crippen MR) is 107 cm³/mol. The molecule has 4 atom stereocenters. The van der Waals surface area contributed by atoms with Crippen molar-refractivity contribution in [3.8, 4) is 0 Å². The van der Waals surface area contributed by atoms with Crippen molar-refractivity contribution in [3.63, 3.8) is 0 Å². The molecule has 1 aromatic carbocycles. The van der Waals surface area contributed by atoms with Crippen LogP contribution in [0.3, 0.4) is 0 Å². The van der Waals surface area contributed by atoms with Crippen LogP contribution in [0.15, 0.2) is 30.3 Å². The summed E-state index contributed by atoms with van der Waals surface area (Å²) in [4.78, 5) is 50.0. The van der Waals surface area contributed by atoms with E-state index in [9.17, 15) is 19.2 Å². The van der Waals surface area contributed by atoms with Gasteiger partial charge in [0.2, 0.25) is 17.7 Å². The normalized spacial score (nSPS) is 25.3. The third-order valence-corrected chi connectivity index (χ3v) is 5.02. The quantitative estimate of drug-likeness (QED) is 0.641. The van der Waals surface area contributed by atoms with Crippen LogP contribution in [0.4, 0.5) is 0 Å². The second-order valence-corrected chi connectivity index (χ2v) is 7.33. The molecule has 29 heavy (non-hydrogen) atoms. The molecule has 3 N–H and O–H groups in total. The van der Waals surface area contributed by atoms with Gasteiger partial charge in [-0.1, -0.05) is 50.6 Å². The monoisotopic (exact) mass is 403 g/mol. The van der Waals surface area contributed by atoms with Crippen LogP contribution < -0.4 is 16.0 Å². The maximum absolute atomic E-state index is 12.8. The maximum atomic E-state index is 12.8. The molecule has 2 rings (SSSR count). The van der Waals surface area contributed by atoms with E-state index in [1.54, 1.807) is 0 Å². The molecule has 8 nitrogen and oxygen atoms in total. The first kappa shape index (κ1) is 22.4. The average molecular weight is 403 g/mol. The third kappa shape index (κ3) is 6.58. The molecule has 0 saturated carbocycles. The minimum atomic E-state index is -0.877. The van der Waals surface area contributed by atoms with Crippen LogP contribution in [0.1, 0.15) is 39.2 Å². The highest BCUT2D eigenvalue weighted by Crippen LogP contribution is 2.11. The van der Waals surface area contributed by atoms with Crippen LogP contribution in [-0.2, 0) is 30.3 Å². The molecule has 1 aromatic rings. The molecule has 0 radical (unpaired) electrons. The molecule has 1 saturated heterocycles. The topological polar surface area (TPSA) is 114 Å². The number of carbonyl (C=O) groups is 4. The zero-order chi connectivity index (χ0) is 21.4. The van der Waals surface area contributed by atoms with Gasteiger partial charge >= 0.3 is 5.97 Å². The summed E-state index contributed by atoms with van der Waals surface area (Å²) in [6, 6.07) is 6.71. The molecule has 0 unspecified atom stereocenters. The lowest BCUT2D eigenvalue weighted by molar-refractivity contribution is -0.150. The van der Waals surface area contributed by atoms with Crippen LogP contribution in [0, 0.1) is 5.92 Å². The van der Waals surface area contributed by atoms with Gasteiger partial charge in [0.25, 0.3) is 0 Å². The zero-order valence-electron chi connectivity index (χ0n) is 17.1. The van der Waals surface area contributed by atoms with Gasteiger partial charge in [-0.15, -0.1) is 0 Å². The summed E-state index contributed by atoms with van der Waals surface area (Å²) in [5.41, 5.74) is 0.873. The molecule has 1 aliphatic rings. The van der Waals surface area contributed by atoms with E-state index in [1.165, 1.54) is 6.92 Å². The molecule has 1 aliphatic heterocycles. The van der Waals surface area contributed by atoms with Crippen molar-refractivity contribution in [2.45, 2.75) is 58.2 Å². The summed E-state index contributed by atoms with van der Waals surface area (Å²) in [5, 5.41) is 7.98. The molecule has 3 amide bonds. The van der Waals surface area contributed by atoms with Crippen molar-refractivity contribution in [3.05, 3.63) is 35.9 Å². The largest absolute Gasteiger partial charge is 0.464 e. The molecule has 0 aromatic heterocycles. The molecule has 8 heteroatoms. The summed E-state index contributed by atoms with van der Waals surface area (Å²) in [7, 11) is 0. The summed E-state index contributed by atoms with van der Waals surface area (Å²) in [6.45, 7) is 5.14. The van der Waals surface area contributed by atoms with Crippen LogP contribution >= 0.6 is 0 Å². The molecular weight excluding hydrogens is 374 g/mol. The number of hydrogen-bond donors (Lipinski definition) is 3. The Hall–Kier alpha value is -2.90. The Bertz CT molecular complexity index is 737. The second-order valence-electron chi connectivity index (χ2n) is 7.33. The average Bonchev–Trinajstić information content (AvgIpc) is 2.71. The number of carbonyl (C=O) groups excluding carboxylic acids is 4. The van der Waals surface area contributed by atoms with E-state index in [-0.39, 0.29) is 25.4 Å². The minimum absolute atomic E-state index is 0.0684. The Labute approximate surface area is 170 Å². The van der Waals surface area contributed by atoms with Gasteiger partial charge in [0.15, 0.2) is 0 Å². The van der Waals surface area contributed by atoms with E-state index in [1.807, 2.05) is 44.2 Å². The maximum Gasteiger partial charge on any atom is 0.328 e. The zero-order valence-corrected chi connectivity index (χ0v) is 17.1. The summed E-state index contributed by atoms with van der Waals surface area (Å²) in [6.07, 6.45) is 0.865. The number of nitrogens with one attached hydrogen (secondary N) is 3. The number of benzene rings is 1. The van der Waals surface area contributed by atoms with Gasteiger partial charge < -0.3 is 20.7 Å². The third-order valence-electron chi connectivity index (χ3n) is 5.02. The Morgan fingerprint density at radius 2 is 1.72 bits per heavy atom. The van der Waals surface area contributed by atoms with E-state index in [0.717, 1.165) is 5.56 Å². The van der Waals surface area contributed by atoms with Gasteiger partial charge in [0, 0.05) is 6.42 Å². The first-order valence-electron chi connectivity index (χ1n) is 9.92. The van der Waals surface area contributed by atoms with E-state index >= 15 is 0 Å². The number of ether oxygens (including phenoxy) is 1. The Balaban J connectivity index is 2.21. The molecule has 0 bridgehead atoms. The lowest BCUT2D eigenvalue weighted by Gasteiger charge is -2.25. The van der Waals surface area contributed by atoms with Crippen molar-refractivity contribution in [2.24, 2.45) is 5.92 Å². The van der Waals surface area contributed by atoms with Gasteiger partial charge in [0.1, 0.15) is 24.7 Å². The van der Waals surface area contributed by atoms with E-state index in [2.05, 4.69) is 16.0 Å². The highest BCUT2D eigenvalue weighted by atomic mass is 16.5. The number of amides is 3. The molecular formula is C21H29N3O5. The fourth-order valence-corrected chi connectivity index (χ4v) is 2.99. The lowest BCUT2D eigenvalue weighted by Crippen LogP contribution is -2.55. The van der Waals surface area contributed by atoms with Crippen molar-refractivity contribution in [1.29, 1.82) is 0 Å². The number of cyclic esters (lactones) is 1. The first-order chi connectivity index (χ1) is 13.8. The molecule has 0 spiro atoms. The Morgan fingerprint density at radius 1 is 1.03 bits per heavy atom. The van der Waals surface area contributed by atoms with Crippen molar-refractivity contribution < 1.29 is 23.9 Å². The van der Waals surface area contributed by atoms with Crippen LogP contribution in [0.2, 0.25) is 0 Å². The number of esters is 1. The van der Waals surface area contributed by atoms with Crippen molar-refractivity contribution >= 4 is 23.7 Å². The number of hydrogen-bond acceptors (Lipinski definition) is 5. The van der Waals surface area contributed by atoms with Crippen LogP contribution in [0.25, 0.3) is 0 Å². The molecule has 1 fully saturated rings. The Morgan fingerprint density at radius 3 is 2.38 bits per heavy atom. The molecule has 0 aliphatic carbocycles. The fraction of sp³-hybridized carbons (Fsp3) is 0.524. The van der Waals surface area contributed by atoms with Gasteiger partial charge in [-0.3, -0.25) is 14.4 Å². The van der Waals surface area contributed by atoms with Gasteiger partial charge in [0.05, 0.1) is 6.42 Å². The van der Waals surface area contributed by atoms with Crippen LogP contribution in [0.5, 0.6) is 0 Å². The Kier molecular flexibility index (Phi) is 8.18. The highest BCUT2D eigenvalue weighted by Gasteiger charge is 2.31. The number of rotatable bonds is 4. The standard InChI is InChI=1S/C21H29N3O5/c1-4-13(2)18-21(28)29-11-10-17(25)23-16(12-15-8-6-5-7-9-15)20(27)22-14(3)19(26)24-18/h5-9,13-14,16,18H,4,10-12H2,1-3H3,(H,22,27)(H,23,25)(H,24,26)/t13-,14+,16+,18+/m0/s1. The molecule has 1 heterocycles. The smallest absolute Gasteiger partial charge is 0.328 e. The lowest BCUT2D eigenvalue weighted by atomic mass is 9.99. The SMILES string of the molecule is CC[C@H](C)[C@H]1NC(=O)[C@@H](C)NC(=O)[C@@H](Cc2ccccc2)NC(=O)CCOC1=O. The molecule has 158 valence electrons. The summed E-state index contributed by atoms with van der Waals surface area (Å²) in [5.74, 6) is -2.08. The van der Waals surface area contributed by atoms with Crippen molar-refractivity contribution in [2.75, 3.05) is 6.61 Å². The highest BCUT2D eigenvalue weighted by molar-refractivity contribution is 5.93. The summed E-state index contributed by atoms with van der Waals surface area (Å²) >= 11 is 0. The predicted octanol–water partition coefficient (Wildman–Crippen LogP) is 0.696. The van der Waals surface area contributed by atoms with Gasteiger partial charge in [-0.05, 0) is 18.4 Å².